The van der Waals surface area contributed by atoms with Crippen molar-refractivity contribution in [3.05, 3.63) is 47.5 Å². The monoisotopic (exact) mass is 365 g/mol. The molecule has 128 valence electrons. The number of benzene rings is 2. The fourth-order valence-corrected chi connectivity index (χ4v) is 4.43. The van der Waals surface area contributed by atoms with Crippen LogP contribution >= 0.6 is 18.4 Å². The molecule has 6 heteroatoms. The second kappa shape index (κ2) is 8.11. The molecule has 0 bridgehead atoms. The Kier molecular flexibility index (Phi) is 6.39. The van der Waals surface area contributed by atoms with Crippen LogP contribution in [0.2, 0.25) is 0 Å². The fourth-order valence-electron chi connectivity index (χ4n) is 2.24. The zero-order chi connectivity index (χ0) is 17.7. The summed E-state index contributed by atoms with van der Waals surface area (Å²) in [5, 5.41) is 1.78. The highest BCUT2D eigenvalue weighted by Gasteiger charge is 2.21. The first-order valence-corrected chi connectivity index (χ1v) is 10.7. The van der Waals surface area contributed by atoms with Gasteiger partial charge in [-0.1, -0.05) is 28.8 Å². The topological polar surface area (TPSA) is 52.6 Å². The van der Waals surface area contributed by atoms with Gasteiger partial charge in [-0.05, 0) is 43.7 Å². The van der Waals surface area contributed by atoms with Crippen molar-refractivity contribution in [2.24, 2.45) is 0 Å². The van der Waals surface area contributed by atoms with Crippen molar-refractivity contribution >= 4 is 35.1 Å². The number of fused-ring (bicyclic) bond motifs is 1. The van der Waals surface area contributed by atoms with Crippen molar-refractivity contribution in [3.63, 3.8) is 0 Å². The van der Waals surface area contributed by atoms with Crippen LogP contribution in [0.4, 0.5) is 0 Å². The Labute approximate surface area is 147 Å². The summed E-state index contributed by atoms with van der Waals surface area (Å²) >= 11 is 1.29. The van der Waals surface area contributed by atoms with Crippen molar-refractivity contribution < 1.29 is 18.8 Å². The summed E-state index contributed by atoms with van der Waals surface area (Å²) in [7, 11) is 0.143. The number of ether oxygens (including phenoxy) is 2. The average molecular weight is 365 g/mol. The molecule has 0 radical (unpaired) electrons. The fraction of sp³-hybridized carbons (Fsp3) is 0.389. The first-order valence-electron chi connectivity index (χ1n) is 7.61. The van der Waals surface area contributed by atoms with Crippen LogP contribution in [-0.2, 0) is 20.2 Å². The van der Waals surface area contributed by atoms with E-state index >= 15 is 0 Å². The van der Waals surface area contributed by atoms with Gasteiger partial charge in [0.25, 0.3) is 0 Å². The van der Waals surface area contributed by atoms with E-state index in [1.165, 1.54) is 11.4 Å². The third kappa shape index (κ3) is 5.30. The van der Waals surface area contributed by atoms with Crippen molar-refractivity contribution in [1.82, 2.24) is 0 Å². The minimum absolute atomic E-state index is 0.344. The van der Waals surface area contributed by atoms with Gasteiger partial charge in [0.05, 0.1) is 5.56 Å². The molecule has 2 aromatic rings. The minimum Gasteiger partial charge on any atom is -0.456 e. The molecule has 2 aromatic carbocycles. The van der Waals surface area contributed by atoms with Crippen LogP contribution in [0.25, 0.3) is 10.8 Å². The Morgan fingerprint density at radius 1 is 1.21 bits per heavy atom. The van der Waals surface area contributed by atoms with E-state index in [-0.39, 0.29) is 5.97 Å². The Morgan fingerprint density at radius 2 is 1.96 bits per heavy atom. The lowest BCUT2D eigenvalue weighted by atomic mass is 10.0. The van der Waals surface area contributed by atoms with Gasteiger partial charge in [-0.3, -0.25) is 0 Å². The molecular formula is C18H22O4PS+. The number of rotatable bonds is 6. The van der Waals surface area contributed by atoms with E-state index in [1.807, 2.05) is 51.1 Å². The van der Waals surface area contributed by atoms with Gasteiger partial charge in [-0.15, -0.1) is 0 Å². The molecule has 0 aliphatic heterocycles. The van der Waals surface area contributed by atoms with Gasteiger partial charge in [-0.2, -0.15) is 0 Å². The van der Waals surface area contributed by atoms with Crippen LogP contribution in [0.3, 0.4) is 0 Å². The molecule has 0 spiro atoms. The van der Waals surface area contributed by atoms with Crippen molar-refractivity contribution in [1.29, 1.82) is 0 Å². The molecule has 0 fully saturated rings. The highest BCUT2D eigenvalue weighted by atomic mass is 32.7. The molecule has 24 heavy (non-hydrogen) atoms. The minimum atomic E-state index is -1.44. The van der Waals surface area contributed by atoms with E-state index in [2.05, 4.69) is 0 Å². The molecule has 4 nitrogen and oxygen atoms in total. The van der Waals surface area contributed by atoms with Crippen molar-refractivity contribution in [3.8, 4) is 0 Å². The predicted octanol–water partition coefficient (Wildman–Crippen LogP) is 5.37. The summed E-state index contributed by atoms with van der Waals surface area (Å²) in [5.41, 5.74) is 0.920. The van der Waals surface area contributed by atoms with E-state index in [0.29, 0.717) is 17.7 Å². The van der Waals surface area contributed by atoms with Crippen LogP contribution in [-0.4, -0.2) is 24.6 Å². The first kappa shape index (κ1) is 18.9. The Hall–Kier alpha value is -1.42. The van der Waals surface area contributed by atoms with Crippen LogP contribution in [0.5, 0.6) is 0 Å². The molecule has 0 aromatic heterocycles. The van der Waals surface area contributed by atoms with Gasteiger partial charge in [0.15, 0.2) is 17.5 Å². The summed E-state index contributed by atoms with van der Waals surface area (Å²) in [6, 6.07) is 11.4. The first-order chi connectivity index (χ1) is 11.3. The molecule has 0 amide bonds. The van der Waals surface area contributed by atoms with Crippen molar-refractivity contribution in [2.45, 2.75) is 32.5 Å². The van der Waals surface area contributed by atoms with Crippen LogP contribution in [0.15, 0.2) is 36.4 Å². The van der Waals surface area contributed by atoms with E-state index in [1.54, 1.807) is 13.2 Å². The lowest BCUT2D eigenvalue weighted by Gasteiger charge is -2.20. The van der Waals surface area contributed by atoms with E-state index < -0.39 is 12.6 Å². The molecule has 0 aliphatic carbocycles. The third-order valence-corrected chi connectivity index (χ3v) is 6.01. The molecule has 2 rings (SSSR count). The maximum absolute atomic E-state index is 12.4. The average Bonchev–Trinajstić information content (AvgIpc) is 2.50. The quantitative estimate of drug-likeness (QED) is 0.391. The number of carbonyl (C=O) groups excluding carboxylic acids is 1. The van der Waals surface area contributed by atoms with Gasteiger partial charge in [-0.25, -0.2) is 4.79 Å². The predicted molar refractivity (Wildman–Crippen MR) is 99.9 cm³/mol. The number of methoxy groups -OCH3 is 1. The Bertz CT molecular complexity index is 752. The number of carbonyl (C=O) groups is 1. The SMILES string of the molecule is COCS[P+](=O)Cc1ccc2cccc(C(=O)OC(C)(C)C)c2c1. The lowest BCUT2D eigenvalue weighted by molar-refractivity contribution is 0.00718. The van der Waals surface area contributed by atoms with Crippen LogP contribution < -0.4 is 0 Å². The molecule has 0 saturated carbocycles. The Balaban J connectivity index is 2.31. The molecule has 0 saturated heterocycles. The highest BCUT2D eigenvalue weighted by Crippen LogP contribution is 2.41. The van der Waals surface area contributed by atoms with E-state index in [9.17, 15) is 9.36 Å². The van der Waals surface area contributed by atoms with Crippen molar-refractivity contribution in [2.75, 3.05) is 13.0 Å². The zero-order valence-corrected chi connectivity index (χ0v) is 16.1. The molecular weight excluding hydrogens is 343 g/mol. The largest absolute Gasteiger partial charge is 0.456 e. The maximum atomic E-state index is 12.4. The van der Waals surface area contributed by atoms with Gasteiger partial charge >= 0.3 is 13.0 Å². The normalized spacial score (nSPS) is 12.2. The van der Waals surface area contributed by atoms with E-state index in [0.717, 1.165) is 16.3 Å². The molecule has 0 heterocycles. The summed E-state index contributed by atoms with van der Waals surface area (Å²) in [5.74, 6) is 0.0646. The number of esters is 1. The molecule has 1 unspecified atom stereocenters. The third-order valence-electron chi connectivity index (χ3n) is 3.19. The standard InChI is InChI=1S/C18H22O4PS/c1-18(2,3)22-17(19)15-7-5-6-14-9-8-13(10-16(14)15)11-23(20)24-12-21-4/h5-10H,11-12H2,1-4H3/q+1. The second-order valence-electron chi connectivity index (χ2n) is 6.39. The summed E-state index contributed by atoms with van der Waals surface area (Å²) in [6.07, 6.45) is 0.446. The summed E-state index contributed by atoms with van der Waals surface area (Å²) in [4.78, 5) is 12.4. The number of hydrogen-bond acceptors (Lipinski definition) is 5. The second-order valence-corrected chi connectivity index (χ2v) is 9.86. The van der Waals surface area contributed by atoms with E-state index in [4.69, 9.17) is 9.47 Å². The van der Waals surface area contributed by atoms with Gasteiger partial charge in [0.2, 0.25) is 0 Å². The molecule has 0 aliphatic rings. The van der Waals surface area contributed by atoms with Crippen LogP contribution in [0.1, 0.15) is 36.7 Å². The molecule has 1 atom stereocenters. The van der Waals surface area contributed by atoms with Crippen LogP contribution in [0, 0.1) is 0 Å². The van der Waals surface area contributed by atoms with Gasteiger partial charge < -0.3 is 9.47 Å². The molecule has 0 N–H and O–H groups in total. The smallest absolute Gasteiger partial charge is 0.417 e. The zero-order valence-electron chi connectivity index (χ0n) is 14.4. The van der Waals surface area contributed by atoms with Gasteiger partial charge in [0.1, 0.15) is 11.5 Å². The summed E-state index contributed by atoms with van der Waals surface area (Å²) in [6.45, 7) is 5.54. The summed E-state index contributed by atoms with van der Waals surface area (Å²) < 4.78 is 22.5. The van der Waals surface area contributed by atoms with Gasteiger partial charge in [0, 0.05) is 12.7 Å². The number of hydrogen-bond donors (Lipinski definition) is 0. The highest BCUT2D eigenvalue weighted by molar-refractivity contribution is 8.51. The Morgan fingerprint density at radius 3 is 2.62 bits per heavy atom. The maximum Gasteiger partial charge on any atom is 0.417 e. The lowest BCUT2D eigenvalue weighted by Crippen LogP contribution is -2.24.